The first kappa shape index (κ1) is 25.7. The van der Waals surface area contributed by atoms with E-state index in [1.807, 2.05) is 0 Å². The van der Waals surface area contributed by atoms with Crippen LogP contribution in [0.2, 0.25) is 0 Å². The van der Waals surface area contributed by atoms with Gasteiger partial charge in [-0.25, -0.2) is 4.57 Å². The van der Waals surface area contributed by atoms with Crippen molar-refractivity contribution < 1.29 is 37.2 Å². The zero-order chi connectivity index (χ0) is 20.7. The van der Waals surface area contributed by atoms with Crippen LogP contribution < -0.4 is 10.4 Å². The monoisotopic (exact) mass is 502 g/mol. The molecule has 0 aliphatic carbocycles. The Morgan fingerprint density at radius 1 is 1.37 bits per heavy atom. The van der Waals surface area contributed by atoms with Crippen LogP contribution in [-0.2, 0) is 59.0 Å². The minimum absolute atomic E-state index is 0.00219. The molecule has 0 atom stereocenters. The van der Waals surface area contributed by atoms with Crippen LogP contribution in [0.5, 0.6) is 0 Å². The van der Waals surface area contributed by atoms with E-state index in [1.165, 1.54) is 17.0 Å². The molecule has 1 rings (SSSR count). The molecule has 0 radical (unpaired) electrons. The van der Waals surface area contributed by atoms with Crippen molar-refractivity contribution in [1.29, 1.82) is 0 Å². The van der Waals surface area contributed by atoms with E-state index < -0.39 is 4.92 Å². The summed E-state index contributed by atoms with van der Waals surface area (Å²) in [5.41, 5.74) is 0. The molecule has 11 nitrogen and oxygen atoms in total. The zero-order valence-corrected chi connectivity index (χ0v) is 17.8. The standard InChI is InChI=1S/C13H22N6O4S2.O.Tc/c20-11(9-17(6-8-25)10-12(21)15-3-7-24)14-1-4-18-5-2-16-13(18)19(22)23;;/h2,5,24-25H,1,3-4,6-10H2,(H,14,20)(H,15,21);;/q;;+3/p-3/i;;1+1. The number of hydrogen-bond acceptors (Lipinski definition) is 10. The number of aromatic nitrogens is 2. The van der Waals surface area contributed by atoms with E-state index in [2.05, 4.69) is 15.3 Å². The fourth-order valence-corrected chi connectivity index (χ4v) is 2.33. The molecule has 0 spiro atoms. The van der Waals surface area contributed by atoms with Crippen molar-refractivity contribution in [2.24, 2.45) is 4.99 Å². The van der Waals surface area contributed by atoms with E-state index in [4.69, 9.17) is 28.8 Å². The molecule has 0 saturated heterocycles. The first-order valence-corrected chi connectivity index (χ1v) is 9.55. The molecule has 150 valence electrons. The number of nitro groups is 1. The summed E-state index contributed by atoms with van der Waals surface area (Å²) in [5, 5.41) is 25.0. The number of imidazole rings is 1. The van der Waals surface area contributed by atoms with Crippen LogP contribution in [0.3, 0.4) is 0 Å². The first-order valence-electron chi connectivity index (χ1n) is 7.64. The van der Waals surface area contributed by atoms with Crippen molar-refractivity contribution in [2.45, 2.75) is 6.54 Å². The second-order valence-corrected chi connectivity index (χ2v) is 5.74. The predicted molar refractivity (Wildman–Crippen MR) is 95.8 cm³/mol. The number of rotatable bonds is 12. The second kappa shape index (κ2) is 15.7. The number of carbonyl (C=O) groups excluding carboxylic acids is 1. The van der Waals surface area contributed by atoms with Gasteiger partial charge in [-0.15, -0.1) is 0 Å². The molecule has 1 N–H and O–H groups in total. The summed E-state index contributed by atoms with van der Waals surface area (Å²) in [6, 6.07) is 0. The maximum absolute atomic E-state index is 12.0. The summed E-state index contributed by atoms with van der Waals surface area (Å²) >= 11 is 10.5. The van der Waals surface area contributed by atoms with Crippen LogP contribution >= 0.6 is 0 Å². The molecule has 0 bridgehead atoms. The van der Waals surface area contributed by atoms with Gasteiger partial charge in [-0.2, -0.15) is 11.5 Å². The molecule has 14 heteroatoms. The summed E-state index contributed by atoms with van der Waals surface area (Å²) in [6.45, 7) is 1.11. The Kier molecular flexibility index (Phi) is 14.9. The zero-order valence-electron chi connectivity index (χ0n) is 14.3. The van der Waals surface area contributed by atoms with Gasteiger partial charge < -0.3 is 50.8 Å². The van der Waals surface area contributed by atoms with E-state index >= 15 is 0 Å². The maximum atomic E-state index is 12.0. The molecule has 0 saturated carbocycles. The fraction of sp³-hybridized carbons (Fsp3) is 0.615. The molecule has 0 fully saturated rings. The average molecular weight is 502 g/mol. The first-order chi connectivity index (χ1) is 13.0. The number of aliphatic imine (C=N–C) groups is 1. The molecule has 27 heavy (non-hydrogen) atoms. The van der Waals surface area contributed by atoms with Gasteiger partial charge in [0, 0.05) is 19.6 Å². The molecule has 1 aromatic heterocycles. The second-order valence-electron chi connectivity index (χ2n) is 4.92. The number of nitrogens with one attached hydrogen (secondary N) is 1. The van der Waals surface area contributed by atoms with Gasteiger partial charge in [0.05, 0.1) is 13.1 Å². The normalized spacial score (nSPS) is 11.0. The van der Waals surface area contributed by atoms with Crippen molar-refractivity contribution >= 4 is 43.0 Å². The predicted octanol–water partition coefficient (Wildman–Crippen LogP) is -2.06. The molecule has 0 aliphatic rings. The van der Waals surface area contributed by atoms with E-state index in [-0.39, 0.29) is 50.5 Å². The van der Waals surface area contributed by atoms with Gasteiger partial charge in [0.1, 0.15) is 12.4 Å². The Morgan fingerprint density at radius 3 is 2.67 bits per heavy atom. The van der Waals surface area contributed by atoms with Crippen molar-refractivity contribution in [3.8, 4) is 0 Å². The SMILES string of the molecule is O=C(CN(CC[S-])CC([O-])=NCC[S-])NCCn1ccnc1[N+](=O)[O-].[O]=[99Tc+3]. The van der Waals surface area contributed by atoms with Crippen LogP contribution in [-0.4, -0.2) is 75.4 Å². The molecule has 1 aromatic rings. The van der Waals surface area contributed by atoms with Gasteiger partial charge in [-0.3, -0.25) is 9.69 Å². The average Bonchev–Trinajstić information content (AvgIpc) is 3.10. The van der Waals surface area contributed by atoms with Crippen LogP contribution in [0.1, 0.15) is 0 Å². The Labute approximate surface area is 178 Å². The minimum atomic E-state index is -0.592. The number of hydrogen-bond donors (Lipinski definition) is 1. The van der Waals surface area contributed by atoms with Crippen LogP contribution in [0.15, 0.2) is 17.4 Å². The van der Waals surface area contributed by atoms with Gasteiger partial charge >= 0.3 is 28.3 Å². The molecular weight excluding hydrogens is 483 g/mol. The molecule has 1 heterocycles. The van der Waals surface area contributed by atoms with Crippen molar-refractivity contribution in [1.82, 2.24) is 19.8 Å². The van der Waals surface area contributed by atoms with Gasteiger partial charge in [-0.1, -0.05) is 4.98 Å². The van der Waals surface area contributed by atoms with Crippen molar-refractivity contribution in [3.05, 3.63) is 22.5 Å². The summed E-state index contributed by atoms with van der Waals surface area (Å²) in [5.74, 6) is -0.176. The molecule has 0 aliphatic heterocycles. The van der Waals surface area contributed by atoms with Gasteiger partial charge in [0.2, 0.25) is 5.91 Å². The topological polar surface area (TPSA) is 146 Å². The van der Waals surface area contributed by atoms with Gasteiger partial charge in [0.15, 0.2) is 0 Å². The summed E-state index contributed by atoms with van der Waals surface area (Å²) in [6.07, 6.45) is 2.79. The van der Waals surface area contributed by atoms with E-state index in [9.17, 15) is 20.0 Å². The molecule has 0 unspecified atom stereocenters. The Hall–Kier alpha value is -1.34. The van der Waals surface area contributed by atoms with E-state index in [1.54, 1.807) is 4.90 Å². The number of carbonyl (C=O) groups is 1. The van der Waals surface area contributed by atoms with Crippen LogP contribution in [0, 0.1) is 10.1 Å². The summed E-state index contributed by atoms with van der Waals surface area (Å²) < 4.78 is 9.55. The van der Waals surface area contributed by atoms with Gasteiger partial charge in [0.25, 0.3) is 0 Å². The fourth-order valence-electron chi connectivity index (χ4n) is 1.98. The summed E-state index contributed by atoms with van der Waals surface area (Å²) in [4.78, 5) is 31.1. The van der Waals surface area contributed by atoms with E-state index in [0.29, 0.717) is 18.1 Å². The number of nitrogens with zero attached hydrogens (tertiary/aromatic N) is 5. The third-order valence-electron chi connectivity index (χ3n) is 3.04. The molecular formula is C13H19N6O5S2Tc. The van der Waals surface area contributed by atoms with E-state index in [0.717, 1.165) is 18.9 Å². The third-order valence-corrected chi connectivity index (χ3v) is 3.41. The van der Waals surface area contributed by atoms with Crippen LogP contribution in [0.25, 0.3) is 0 Å². The third kappa shape index (κ3) is 11.2. The van der Waals surface area contributed by atoms with Crippen LogP contribution in [0.4, 0.5) is 5.95 Å². The molecule has 0 aromatic carbocycles. The quantitative estimate of drug-likeness (QED) is 0.112. The van der Waals surface area contributed by atoms with Crippen molar-refractivity contribution in [3.63, 3.8) is 0 Å². The summed E-state index contributed by atoms with van der Waals surface area (Å²) in [7, 11) is 0. The van der Waals surface area contributed by atoms with Gasteiger partial charge in [-0.05, 0) is 17.4 Å². The molecule has 1 amide bonds. The van der Waals surface area contributed by atoms with Crippen molar-refractivity contribution in [2.75, 3.05) is 44.2 Å². The Balaban J connectivity index is 0.00000326. The number of amides is 1. The Morgan fingerprint density at radius 2 is 2.07 bits per heavy atom. The Bertz CT molecular complexity index is 618.